The maximum absolute atomic E-state index is 4.67. The first-order valence-corrected chi connectivity index (χ1v) is 9.96. The van der Waals surface area contributed by atoms with Gasteiger partial charge in [-0.05, 0) is 38.5 Å². The van der Waals surface area contributed by atoms with Gasteiger partial charge in [-0.15, -0.1) is 45.5 Å². The lowest BCUT2D eigenvalue weighted by Gasteiger charge is -2.23. The number of thiophene rings is 1. The quantitative estimate of drug-likeness (QED) is 0.352. The molecular weight excluding hydrogens is 467 g/mol. The fourth-order valence-corrected chi connectivity index (χ4v) is 2.73. The first kappa shape index (κ1) is 22.2. The van der Waals surface area contributed by atoms with Crippen LogP contribution in [0.2, 0.25) is 0 Å². The second kappa shape index (κ2) is 10.4. The highest BCUT2D eigenvalue weighted by Crippen LogP contribution is 2.19. The van der Waals surface area contributed by atoms with Crippen molar-refractivity contribution >= 4 is 53.0 Å². The van der Waals surface area contributed by atoms with Crippen molar-refractivity contribution in [3.63, 3.8) is 0 Å². The summed E-state index contributed by atoms with van der Waals surface area (Å²) in [7, 11) is 1.96. The number of hydrogen-bond acceptors (Lipinski definition) is 5. The number of nitrogens with one attached hydrogen (secondary N) is 2. The molecule has 6 nitrogen and oxygen atoms in total. The Morgan fingerprint density at radius 2 is 2.12 bits per heavy atom. The number of thioether (sulfide) groups is 1. The molecule has 2 aromatic rings. The average Bonchev–Trinajstić information content (AvgIpc) is 3.19. The Balaban J connectivity index is 0.00000312. The van der Waals surface area contributed by atoms with E-state index in [-0.39, 0.29) is 28.7 Å². The van der Waals surface area contributed by atoms with Crippen molar-refractivity contribution in [3.05, 3.63) is 34.0 Å². The molecule has 0 unspecified atom stereocenters. The topological polar surface area (TPSA) is 67.1 Å². The monoisotopic (exact) mass is 494 g/mol. The minimum atomic E-state index is 0. The molecule has 2 N–H and O–H groups in total. The van der Waals surface area contributed by atoms with Gasteiger partial charge in [-0.25, -0.2) is 4.99 Å². The largest absolute Gasteiger partial charge is 0.355 e. The van der Waals surface area contributed by atoms with E-state index in [4.69, 9.17) is 0 Å². The number of hydrogen-bond donors (Lipinski definition) is 2. The van der Waals surface area contributed by atoms with Crippen LogP contribution in [0.5, 0.6) is 0 Å². The van der Waals surface area contributed by atoms with E-state index in [9.17, 15) is 0 Å². The molecule has 0 aromatic carbocycles. The highest BCUT2D eigenvalue weighted by atomic mass is 127. The lowest BCUT2D eigenvalue weighted by molar-refractivity contribution is 0.660. The van der Waals surface area contributed by atoms with Crippen LogP contribution in [0.3, 0.4) is 0 Å². The standard InChI is InChI=1S/C16H26N6S2.HI/c1-12-20-21-14(22(12)4)10-18-15(19-11-16(2,3)23-5)17-9-13-7-6-8-24-13;/h6-8H,9-11H2,1-5H3,(H2,17,18,19);1H. The van der Waals surface area contributed by atoms with Crippen LogP contribution in [0.4, 0.5) is 0 Å². The van der Waals surface area contributed by atoms with Crippen LogP contribution in [0.1, 0.15) is 30.4 Å². The number of aliphatic imine (C=N–C) groups is 1. The van der Waals surface area contributed by atoms with Gasteiger partial charge in [-0.1, -0.05) is 6.07 Å². The Hall–Kier alpha value is -0.810. The zero-order chi connectivity index (χ0) is 17.6. The number of halogens is 1. The van der Waals surface area contributed by atoms with E-state index >= 15 is 0 Å². The molecule has 0 saturated carbocycles. The van der Waals surface area contributed by atoms with Gasteiger partial charge < -0.3 is 15.2 Å². The van der Waals surface area contributed by atoms with Crippen molar-refractivity contribution in [1.82, 2.24) is 25.4 Å². The van der Waals surface area contributed by atoms with Crippen molar-refractivity contribution in [2.24, 2.45) is 12.0 Å². The summed E-state index contributed by atoms with van der Waals surface area (Å²) in [6, 6.07) is 4.18. The number of aromatic nitrogens is 3. The zero-order valence-corrected chi connectivity index (χ0v) is 19.3. The molecule has 0 bridgehead atoms. The van der Waals surface area contributed by atoms with Crippen LogP contribution in [0.15, 0.2) is 22.5 Å². The van der Waals surface area contributed by atoms with E-state index < -0.39 is 0 Å². The minimum absolute atomic E-state index is 0. The van der Waals surface area contributed by atoms with Gasteiger partial charge in [-0.2, -0.15) is 11.8 Å². The molecule has 9 heteroatoms. The molecule has 0 radical (unpaired) electrons. The van der Waals surface area contributed by atoms with E-state index in [1.54, 1.807) is 11.3 Å². The van der Waals surface area contributed by atoms with Crippen LogP contribution in [0, 0.1) is 6.92 Å². The normalized spacial score (nSPS) is 12.0. The highest BCUT2D eigenvalue weighted by Gasteiger charge is 2.16. The number of guanidine groups is 1. The van der Waals surface area contributed by atoms with Crippen molar-refractivity contribution in [2.75, 3.05) is 12.8 Å². The summed E-state index contributed by atoms with van der Waals surface area (Å²) < 4.78 is 2.11. The van der Waals surface area contributed by atoms with Gasteiger partial charge in [0.2, 0.25) is 0 Å². The molecule has 0 aliphatic carbocycles. The van der Waals surface area contributed by atoms with Crippen LogP contribution >= 0.6 is 47.1 Å². The molecule has 0 atom stereocenters. The van der Waals surface area contributed by atoms with E-state index in [2.05, 4.69) is 63.4 Å². The summed E-state index contributed by atoms with van der Waals surface area (Å²) in [4.78, 5) is 5.95. The summed E-state index contributed by atoms with van der Waals surface area (Å²) in [6.07, 6.45) is 2.12. The molecule has 2 heterocycles. The predicted molar refractivity (Wildman–Crippen MR) is 119 cm³/mol. The van der Waals surface area contributed by atoms with Crippen LogP contribution in [-0.4, -0.2) is 38.3 Å². The Morgan fingerprint density at radius 1 is 1.36 bits per heavy atom. The molecule has 140 valence electrons. The number of nitrogens with zero attached hydrogens (tertiary/aromatic N) is 4. The molecule has 0 amide bonds. The van der Waals surface area contributed by atoms with Gasteiger partial charge in [0.25, 0.3) is 0 Å². The zero-order valence-electron chi connectivity index (χ0n) is 15.4. The number of aryl methyl sites for hydroxylation is 1. The fraction of sp³-hybridized carbons (Fsp3) is 0.562. The SMILES string of the molecule is CSC(C)(C)CNC(=NCc1nnc(C)n1C)NCc1cccs1.I. The Morgan fingerprint density at radius 3 is 2.68 bits per heavy atom. The maximum Gasteiger partial charge on any atom is 0.192 e. The summed E-state index contributed by atoms with van der Waals surface area (Å²) in [5.74, 6) is 2.55. The third-order valence-electron chi connectivity index (χ3n) is 3.81. The lowest BCUT2D eigenvalue weighted by Crippen LogP contribution is -2.43. The predicted octanol–water partition coefficient (Wildman–Crippen LogP) is 3.18. The van der Waals surface area contributed by atoms with Crippen molar-refractivity contribution < 1.29 is 0 Å². The molecular formula is C16H27IN6S2. The van der Waals surface area contributed by atoms with E-state index in [1.807, 2.05) is 30.3 Å². The number of rotatable bonds is 7. The van der Waals surface area contributed by atoms with Gasteiger partial charge in [0.05, 0.1) is 6.54 Å². The molecule has 0 aliphatic heterocycles. The molecule has 2 aromatic heterocycles. The summed E-state index contributed by atoms with van der Waals surface area (Å²) in [5, 5.41) is 17.2. The minimum Gasteiger partial charge on any atom is -0.355 e. The Labute approximate surface area is 175 Å². The van der Waals surface area contributed by atoms with Crippen LogP contribution < -0.4 is 10.6 Å². The third-order valence-corrected chi connectivity index (χ3v) is 5.93. The average molecular weight is 494 g/mol. The van der Waals surface area contributed by atoms with Gasteiger partial charge in [-0.3, -0.25) is 0 Å². The highest BCUT2D eigenvalue weighted by molar-refractivity contribution is 14.0. The lowest BCUT2D eigenvalue weighted by atomic mass is 10.2. The fourth-order valence-electron chi connectivity index (χ4n) is 1.87. The maximum atomic E-state index is 4.67. The first-order chi connectivity index (χ1) is 11.4. The van der Waals surface area contributed by atoms with Crippen LogP contribution in [0.25, 0.3) is 0 Å². The second-order valence-corrected chi connectivity index (χ2v) is 8.68. The molecule has 0 aliphatic rings. The van der Waals surface area contributed by atoms with E-state index in [1.165, 1.54) is 4.88 Å². The van der Waals surface area contributed by atoms with Gasteiger partial charge in [0.1, 0.15) is 12.4 Å². The van der Waals surface area contributed by atoms with Gasteiger partial charge in [0.15, 0.2) is 11.8 Å². The second-order valence-electron chi connectivity index (χ2n) is 6.14. The summed E-state index contributed by atoms with van der Waals surface area (Å²) in [5.41, 5.74) is 0. The van der Waals surface area contributed by atoms with Gasteiger partial charge in [0, 0.05) is 23.2 Å². The molecule has 0 saturated heterocycles. The molecule has 25 heavy (non-hydrogen) atoms. The third kappa shape index (κ3) is 7.14. The first-order valence-electron chi connectivity index (χ1n) is 7.86. The van der Waals surface area contributed by atoms with E-state index in [0.29, 0.717) is 6.54 Å². The van der Waals surface area contributed by atoms with E-state index in [0.717, 1.165) is 30.7 Å². The Kier molecular flexibility index (Phi) is 9.22. The molecule has 0 spiro atoms. The van der Waals surface area contributed by atoms with Crippen molar-refractivity contribution in [1.29, 1.82) is 0 Å². The Bertz CT molecular complexity index is 666. The molecule has 2 rings (SSSR count). The molecule has 0 fully saturated rings. The van der Waals surface area contributed by atoms with Crippen molar-refractivity contribution in [3.8, 4) is 0 Å². The van der Waals surface area contributed by atoms with Crippen molar-refractivity contribution in [2.45, 2.75) is 38.6 Å². The smallest absolute Gasteiger partial charge is 0.192 e. The van der Waals surface area contributed by atoms with Crippen LogP contribution in [-0.2, 0) is 20.1 Å². The summed E-state index contributed by atoms with van der Waals surface area (Å²) >= 11 is 3.57. The summed E-state index contributed by atoms with van der Waals surface area (Å²) in [6.45, 7) is 8.47. The van der Waals surface area contributed by atoms with Gasteiger partial charge >= 0.3 is 0 Å².